The van der Waals surface area contributed by atoms with Crippen molar-refractivity contribution in [1.82, 2.24) is 9.88 Å². The summed E-state index contributed by atoms with van der Waals surface area (Å²) in [4.78, 5) is 34.2. The van der Waals surface area contributed by atoms with Crippen LogP contribution in [0.5, 0.6) is 11.5 Å². The normalized spacial score (nSPS) is 18.2. The number of thiazole rings is 1. The van der Waals surface area contributed by atoms with Gasteiger partial charge in [0, 0.05) is 17.2 Å². The van der Waals surface area contributed by atoms with Gasteiger partial charge in [-0.1, -0.05) is 55.3 Å². The zero-order chi connectivity index (χ0) is 25.4. The second-order valence-electron chi connectivity index (χ2n) is 9.03. The SMILES string of the molecule is COc1cccc(C2C(C(=O)c3sc(-c4ccccc4)nc3C)=C(O)C(=O)N2C2CCCC2)c1OC. The van der Waals surface area contributed by atoms with E-state index in [2.05, 4.69) is 4.98 Å². The third-order valence-corrected chi connectivity index (χ3v) is 8.16. The van der Waals surface area contributed by atoms with Crippen molar-refractivity contribution in [3.05, 3.63) is 76.0 Å². The van der Waals surface area contributed by atoms with Gasteiger partial charge in [0.05, 0.1) is 36.4 Å². The van der Waals surface area contributed by atoms with Crippen LogP contribution in [-0.2, 0) is 4.79 Å². The van der Waals surface area contributed by atoms with E-state index in [1.165, 1.54) is 18.4 Å². The third-order valence-electron chi connectivity index (χ3n) is 6.96. The Kier molecular flexibility index (Phi) is 6.53. The van der Waals surface area contributed by atoms with Crippen LogP contribution in [0.1, 0.15) is 52.7 Å². The minimum Gasteiger partial charge on any atom is -0.503 e. The first-order valence-corrected chi connectivity index (χ1v) is 12.8. The molecular formula is C28H28N2O5S. The minimum absolute atomic E-state index is 0.0600. The molecule has 186 valence electrons. The molecule has 0 radical (unpaired) electrons. The number of amides is 1. The highest BCUT2D eigenvalue weighted by atomic mass is 32.1. The van der Waals surface area contributed by atoms with Crippen molar-refractivity contribution in [1.29, 1.82) is 0 Å². The molecule has 0 spiro atoms. The molecule has 0 saturated heterocycles. The predicted octanol–water partition coefficient (Wildman–Crippen LogP) is 5.66. The molecule has 1 aliphatic carbocycles. The van der Waals surface area contributed by atoms with Gasteiger partial charge in [0.1, 0.15) is 5.01 Å². The Morgan fingerprint density at radius 3 is 2.44 bits per heavy atom. The monoisotopic (exact) mass is 504 g/mol. The first-order valence-electron chi connectivity index (χ1n) is 12.0. The Labute approximate surface area is 214 Å². The first-order chi connectivity index (χ1) is 17.5. The van der Waals surface area contributed by atoms with Crippen LogP contribution in [0.3, 0.4) is 0 Å². The lowest BCUT2D eigenvalue weighted by atomic mass is 9.93. The van der Waals surface area contributed by atoms with Gasteiger partial charge in [-0.2, -0.15) is 0 Å². The molecule has 8 heteroatoms. The van der Waals surface area contributed by atoms with Crippen LogP contribution in [0.2, 0.25) is 0 Å². The van der Waals surface area contributed by atoms with Crippen LogP contribution in [0.25, 0.3) is 10.6 Å². The lowest BCUT2D eigenvalue weighted by molar-refractivity contribution is -0.131. The van der Waals surface area contributed by atoms with E-state index in [1.807, 2.05) is 36.4 Å². The van der Waals surface area contributed by atoms with Crippen LogP contribution < -0.4 is 9.47 Å². The van der Waals surface area contributed by atoms with Gasteiger partial charge in [-0.25, -0.2) is 4.98 Å². The maximum Gasteiger partial charge on any atom is 0.290 e. The Hall–Kier alpha value is -3.65. The van der Waals surface area contributed by atoms with Gasteiger partial charge in [-0.15, -0.1) is 11.3 Å². The van der Waals surface area contributed by atoms with Gasteiger partial charge in [0.15, 0.2) is 17.3 Å². The Balaban J connectivity index is 1.64. The standard InChI is InChI=1S/C28H28N2O5S/c1-16-26(36-27(29-16)17-10-5-4-6-11-17)23(31)21-22(19-14-9-15-20(34-2)25(19)35-3)30(28(33)24(21)32)18-12-7-8-13-18/h4-6,9-11,14-15,18,22,32H,7-8,12-13H2,1-3H3. The fourth-order valence-electron chi connectivity index (χ4n) is 5.28. The Morgan fingerprint density at radius 2 is 1.78 bits per heavy atom. The van der Waals surface area contributed by atoms with Gasteiger partial charge in [-0.05, 0) is 25.8 Å². The molecule has 1 aromatic heterocycles. The van der Waals surface area contributed by atoms with Crippen LogP contribution >= 0.6 is 11.3 Å². The van der Waals surface area contributed by atoms with Gasteiger partial charge in [0.2, 0.25) is 5.78 Å². The average Bonchev–Trinajstić information content (AvgIpc) is 3.62. The summed E-state index contributed by atoms with van der Waals surface area (Å²) in [6.07, 6.45) is 3.63. The van der Waals surface area contributed by atoms with E-state index in [1.54, 1.807) is 31.1 Å². The number of aryl methyl sites for hydroxylation is 1. The average molecular weight is 505 g/mol. The molecule has 2 aliphatic rings. The number of rotatable bonds is 7. The number of hydrogen-bond acceptors (Lipinski definition) is 7. The summed E-state index contributed by atoms with van der Waals surface area (Å²) in [5.74, 6) is -0.492. The summed E-state index contributed by atoms with van der Waals surface area (Å²) in [7, 11) is 3.07. The fraction of sp³-hybridized carbons (Fsp3) is 0.321. The Morgan fingerprint density at radius 1 is 1.06 bits per heavy atom. The zero-order valence-electron chi connectivity index (χ0n) is 20.5. The van der Waals surface area contributed by atoms with E-state index in [4.69, 9.17) is 9.47 Å². The van der Waals surface area contributed by atoms with E-state index in [9.17, 15) is 14.7 Å². The molecule has 0 bridgehead atoms. The molecule has 7 nitrogen and oxygen atoms in total. The zero-order valence-corrected chi connectivity index (χ0v) is 21.3. The molecule has 1 saturated carbocycles. The number of ether oxygens (including phenoxy) is 2. The summed E-state index contributed by atoms with van der Waals surface area (Å²) >= 11 is 1.27. The van der Waals surface area contributed by atoms with Gasteiger partial charge < -0.3 is 19.5 Å². The van der Waals surface area contributed by atoms with Crippen LogP contribution in [0.15, 0.2) is 59.9 Å². The van der Waals surface area contributed by atoms with Crippen molar-refractivity contribution in [3.63, 3.8) is 0 Å². The number of aromatic nitrogens is 1. The molecule has 36 heavy (non-hydrogen) atoms. The summed E-state index contributed by atoms with van der Waals surface area (Å²) < 4.78 is 11.2. The van der Waals surface area contributed by atoms with Crippen molar-refractivity contribution in [2.24, 2.45) is 0 Å². The van der Waals surface area contributed by atoms with E-state index in [-0.39, 0.29) is 11.6 Å². The maximum absolute atomic E-state index is 14.1. The van der Waals surface area contributed by atoms with Crippen molar-refractivity contribution in [3.8, 4) is 22.1 Å². The second kappa shape index (κ2) is 9.78. The van der Waals surface area contributed by atoms with E-state index in [0.717, 1.165) is 31.2 Å². The van der Waals surface area contributed by atoms with Crippen LogP contribution in [0.4, 0.5) is 0 Å². The van der Waals surface area contributed by atoms with Crippen LogP contribution in [0, 0.1) is 6.92 Å². The fourth-order valence-corrected chi connectivity index (χ4v) is 6.31. The highest BCUT2D eigenvalue weighted by Gasteiger charge is 2.48. The number of aliphatic hydroxyl groups is 1. The number of para-hydroxylation sites is 1. The summed E-state index contributed by atoms with van der Waals surface area (Å²) in [6.45, 7) is 1.78. The molecule has 1 N–H and O–H groups in total. The smallest absolute Gasteiger partial charge is 0.290 e. The molecule has 1 aliphatic heterocycles. The maximum atomic E-state index is 14.1. The second-order valence-corrected chi connectivity index (χ2v) is 10.0. The number of methoxy groups -OCH3 is 2. The number of hydrogen-bond donors (Lipinski definition) is 1. The van der Waals surface area contributed by atoms with Crippen LogP contribution in [-0.4, -0.2) is 46.9 Å². The number of carbonyl (C=O) groups excluding carboxylic acids is 2. The summed E-state index contributed by atoms with van der Waals surface area (Å²) in [5.41, 5.74) is 2.14. The van der Waals surface area contributed by atoms with Crippen molar-refractivity contribution in [2.45, 2.75) is 44.7 Å². The van der Waals surface area contributed by atoms with Gasteiger partial charge in [0.25, 0.3) is 5.91 Å². The molecule has 2 aromatic carbocycles. The largest absolute Gasteiger partial charge is 0.503 e. The van der Waals surface area contributed by atoms with Crippen molar-refractivity contribution >= 4 is 23.0 Å². The number of aliphatic hydroxyl groups excluding tert-OH is 1. The highest BCUT2D eigenvalue weighted by Crippen LogP contribution is 2.48. The molecule has 3 aromatic rings. The molecular weight excluding hydrogens is 476 g/mol. The molecule has 1 fully saturated rings. The number of nitrogens with zero attached hydrogens (tertiary/aromatic N) is 2. The topological polar surface area (TPSA) is 89.0 Å². The van der Waals surface area contributed by atoms with E-state index in [0.29, 0.717) is 32.6 Å². The molecule has 1 atom stereocenters. The van der Waals surface area contributed by atoms with Crippen molar-refractivity contribution < 1.29 is 24.2 Å². The summed E-state index contributed by atoms with van der Waals surface area (Å²) in [5, 5.41) is 11.8. The number of ketones is 1. The number of Topliss-reactive ketones (excluding diaryl/α,β-unsaturated/α-hetero) is 1. The quantitative estimate of drug-likeness (QED) is 0.418. The number of carbonyl (C=O) groups is 2. The molecule has 5 rings (SSSR count). The lowest BCUT2D eigenvalue weighted by Crippen LogP contribution is -2.38. The molecule has 2 heterocycles. The van der Waals surface area contributed by atoms with E-state index >= 15 is 0 Å². The van der Waals surface area contributed by atoms with Gasteiger partial charge >= 0.3 is 0 Å². The Bertz CT molecular complexity index is 1340. The molecule has 1 amide bonds. The first kappa shape index (κ1) is 24.1. The lowest BCUT2D eigenvalue weighted by Gasteiger charge is -2.33. The predicted molar refractivity (Wildman–Crippen MR) is 138 cm³/mol. The third kappa shape index (κ3) is 3.95. The van der Waals surface area contributed by atoms with Gasteiger partial charge in [-0.3, -0.25) is 9.59 Å². The van der Waals surface area contributed by atoms with Crippen molar-refractivity contribution in [2.75, 3.05) is 14.2 Å². The van der Waals surface area contributed by atoms with E-state index < -0.39 is 23.5 Å². The minimum atomic E-state index is -0.792. The molecule has 1 unspecified atom stereocenters. The highest BCUT2D eigenvalue weighted by molar-refractivity contribution is 7.17. The number of benzene rings is 2. The summed E-state index contributed by atoms with van der Waals surface area (Å²) in [6, 6.07) is 14.2.